The van der Waals surface area contributed by atoms with Crippen LogP contribution in [0.4, 0.5) is 5.82 Å². The number of rotatable bonds is 5. The molecule has 3 rings (SSSR count). The van der Waals surface area contributed by atoms with E-state index in [-0.39, 0.29) is 6.79 Å². The van der Waals surface area contributed by atoms with E-state index in [0.717, 1.165) is 17.1 Å². The molecule has 22 heavy (non-hydrogen) atoms. The molecule has 1 aromatic carbocycles. The normalized spacial score (nSPS) is 12.0. The van der Waals surface area contributed by atoms with E-state index in [4.69, 9.17) is 14.2 Å². The Hall–Kier alpha value is -2.76. The van der Waals surface area contributed by atoms with E-state index >= 15 is 0 Å². The van der Waals surface area contributed by atoms with Gasteiger partial charge in [0, 0.05) is 18.3 Å². The summed E-state index contributed by atoms with van der Waals surface area (Å²) in [7, 11) is 0. The predicted molar refractivity (Wildman–Crippen MR) is 80.1 cm³/mol. The maximum Gasteiger partial charge on any atom is 0.341 e. The smallest absolute Gasteiger partial charge is 0.341 e. The van der Waals surface area contributed by atoms with Crippen LogP contribution in [0.2, 0.25) is 0 Å². The average molecular weight is 300 g/mol. The molecule has 0 spiro atoms. The van der Waals surface area contributed by atoms with Gasteiger partial charge in [0.15, 0.2) is 11.5 Å². The van der Waals surface area contributed by atoms with Gasteiger partial charge in [-0.2, -0.15) is 0 Å². The third-order valence-electron chi connectivity index (χ3n) is 3.23. The molecule has 0 saturated carbocycles. The number of fused-ring (bicyclic) bond motifs is 1. The summed E-state index contributed by atoms with van der Waals surface area (Å²) in [4.78, 5) is 16.1. The molecule has 0 amide bonds. The van der Waals surface area contributed by atoms with Gasteiger partial charge in [-0.1, -0.05) is 12.1 Å². The van der Waals surface area contributed by atoms with Crippen LogP contribution in [0.3, 0.4) is 0 Å². The Kier molecular flexibility index (Phi) is 4.09. The number of carbonyl (C=O) groups excluding carboxylic acids is 1. The Morgan fingerprint density at radius 1 is 1.32 bits per heavy atom. The van der Waals surface area contributed by atoms with Crippen LogP contribution in [-0.2, 0) is 11.3 Å². The fourth-order valence-electron chi connectivity index (χ4n) is 2.23. The van der Waals surface area contributed by atoms with Crippen molar-refractivity contribution in [2.75, 3.05) is 18.7 Å². The standard InChI is InChI=1S/C16H16N2O4/c1-2-20-16(19)12-6-4-8-17-15(12)18-9-11-5-3-7-13-14(11)22-10-21-13/h3-8H,2,9-10H2,1H3,(H,17,18). The van der Waals surface area contributed by atoms with Gasteiger partial charge in [0.2, 0.25) is 6.79 Å². The van der Waals surface area contributed by atoms with Crippen molar-refractivity contribution in [3.05, 3.63) is 47.7 Å². The fraction of sp³-hybridized carbons (Fsp3) is 0.250. The number of benzene rings is 1. The zero-order valence-electron chi connectivity index (χ0n) is 12.2. The fourth-order valence-corrected chi connectivity index (χ4v) is 2.23. The van der Waals surface area contributed by atoms with Gasteiger partial charge in [-0.25, -0.2) is 9.78 Å². The lowest BCUT2D eigenvalue weighted by Crippen LogP contribution is -2.11. The molecule has 1 N–H and O–H groups in total. The van der Waals surface area contributed by atoms with Crippen molar-refractivity contribution in [2.45, 2.75) is 13.5 Å². The molecule has 0 radical (unpaired) electrons. The van der Waals surface area contributed by atoms with Crippen molar-refractivity contribution in [1.82, 2.24) is 4.98 Å². The third kappa shape index (κ3) is 2.81. The second-order valence-electron chi connectivity index (χ2n) is 4.62. The Balaban J connectivity index is 1.78. The van der Waals surface area contributed by atoms with E-state index in [9.17, 15) is 4.79 Å². The highest BCUT2D eigenvalue weighted by atomic mass is 16.7. The van der Waals surface area contributed by atoms with E-state index in [0.29, 0.717) is 24.5 Å². The minimum absolute atomic E-state index is 0.226. The molecule has 1 aliphatic rings. The summed E-state index contributed by atoms with van der Waals surface area (Å²) >= 11 is 0. The molecule has 0 fully saturated rings. The first-order chi connectivity index (χ1) is 10.8. The monoisotopic (exact) mass is 300 g/mol. The Morgan fingerprint density at radius 2 is 2.23 bits per heavy atom. The Labute approximate surface area is 128 Å². The van der Waals surface area contributed by atoms with Crippen molar-refractivity contribution in [3.63, 3.8) is 0 Å². The highest BCUT2D eigenvalue weighted by Gasteiger charge is 2.18. The van der Waals surface area contributed by atoms with Crippen molar-refractivity contribution in [3.8, 4) is 11.5 Å². The van der Waals surface area contributed by atoms with Gasteiger partial charge >= 0.3 is 5.97 Å². The summed E-state index contributed by atoms with van der Waals surface area (Å²) in [5.74, 6) is 1.54. The van der Waals surface area contributed by atoms with Gasteiger partial charge in [0.1, 0.15) is 11.4 Å². The summed E-state index contributed by atoms with van der Waals surface area (Å²) in [6.45, 7) is 2.79. The van der Waals surface area contributed by atoms with Crippen LogP contribution >= 0.6 is 0 Å². The number of pyridine rings is 1. The SMILES string of the molecule is CCOC(=O)c1cccnc1NCc1cccc2c1OCO2. The molecule has 1 aromatic heterocycles. The first-order valence-electron chi connectivity index (χ1n) is 7.03. The number of nitrogens with one attached hydrogen (secondary N) is 1. The van der Waals surface area contributed by atoms with Crippen LogP contribution in [0, 0.1) is 0 Å². The number of carbonyl (C=O) groups is 1. The first-order valence-corrected chi connectivity index (χ1v) is 7.03. The molecule has 0 bridgehead atoms. The van der Waals surface area contributed by atoms with Gasteiger partial charge in [-0.05, 0) is 25.1 Å². The molecule has 0 atom stereocenters. The van der Waals surface area contributed by atoms with E-state index in [1.807, 2.05) is 18.2 Å². The third-order valence-corrected chi connectivity index (χ3v) is 3.23. The maximum atomic E-state index is 11.9. The van der Waals surface area contributed by atoms with E-state index in [1.165, 1.54) is 0 Å². The van der Waals surface area contributed by atoms with Crippen LogP contribution in [0.5, 0.6) is 11.5 Å². The van der Waals surface area contributed by atoms with Gasteiger partial charge in [0.25, 0.3) is 0 Å². The highest BCUT2D eigenvalue weighted by molar-refractivity contribution is 5.94. The number of anilines is 1. The molecule has 6 nitrogen and oxygen atoms in total. The molecular formula is C16H16N2O4. The lowest BCUT2D eigenvalue weighted by molar-refractivity contribution is 0.0527. The minimum Gasteiger partial charge on any atom is -0.462 e. The number of nitrogens with zero attached hydrogens (tertiary/aromatic N) is 1. The number of hydrogen-bond donors (Lipinski definition) is 1. The zero-order valence-corrected chi connectivity index (χ0v) is 12.2. The van der Waals surface area contributed by atoms with Crippen LogP contribution < -0.4 is 14.8 Å². The van der Waals surface area contributed by atoms with Gasteiger partial charge in [-0.3, -0.25) is 0 Å². The van der Waals surface area contributed by atoms with Gasteiger partial charge < -0.3 is 19.5 Å². The highest BCUT2D eigenvalue weighted by Crippen LogP contribution is 2.35. The van der Waals surface area contributed by atoms with Crippen molar-refractivity contribution >= 4 is 11.8 Å². The van der Waals surface area contributed by atoms with Crippen molar-refractivity contribution < 1.29 is 19.0 Å². The van der Waals surface area contributed by atoms with Crippen LogP contribution in [0.25, 0.3) is 0 Å². The molecule has 0 saturated heterocycles. The summed E-state index contributed by atoms with van der Waals surface area (Å²) in [6.07, 6.45) is 1.63. The number of hydrogen-bond acceptors (Lipinski definition) is 6. The Bertz CT molecular complexity index is 688. The lowest BCUT2D eigenvalue weighted by Gasteiger charge is -2.11. The zero-order chi connectivity index (χ0) is 15.4. The molecule has 1 aliphatic heterocycles. The van der Waals surface area contributed by atoms with Crippen LogP contribution in [-0.4, -0.2) is 24.4 Å². The van der Waals surface area contributed by atoms with E-state index in [1.54, 1.807) is 25.3 Å². The summed E-state index contributed by atoms with van der Waals surface area (Å²) in [6, 6.07) is 9.08. The molecule has 2 aromatic rings. The van der Waals surface area contributed by atoms with E-state index in [2.05, 4.69) is 10.3 Å². The van der Waals surface area contributed by atoms with Gasteiger partial charge in [0.05, 0.1) is 6.61 Å². The molecule has 114 valence electrons. The summed E-state index contributed by atoms with van der Waals surface area (Å²) in [5, 5.41) is 3.15. The average Bonchev–Trinajstić information content (AvgIpc) is 3.02. The summed E-state index contributed by atoms with van der Waals surface area (Å²) in [5.41, 5.74) is 1.35. The van der Waals surface area contributed by atoms with Crippen LogP contribution in [0.15, 0.2) is 36.5 Å². The Morgan fingerprint density at radius 3 is 3.09 bits per heavy atom. The largest absolute Gasteiger partial charge is 0.462 e. The quantitative estimate of drug-likeness (QED) is 0.856. The molecule has 6 heteroatoms. The number of aromatic nitrogens is 1. The second-order valence-corrected chi connectivity index (χ2v) is 4.62. The number of para-hydroxylation sites is 1. The second kappa shape index (κ2) is 6.34. The molecule has 2 heterocycles. The predicted octanol–water partition coefficient (Wildman–Crippen LogP) is 2.60. The molecular weight excluding hydrogens is 284 g/mol. The topological polar surface area (TPSA) is 69.7 Å². The lowest BCUT2D eigenvalue weighted by atomic mass is 10.2. The van der Waals surface area contributed by atoms with Crippen molar-refractivity contribution in [1.29, 1.82) is 0 Å². The number of ether oxygens (including phenoxy) is 3. The number of esters is 1. The first kappa shape index (κ1) is 14.2. The van der Waals surface area contributed by atoms with E-state index < -0.39 is 5.97 Å². The van der Waals surface area contributed by atoms with Crippen molar-refractivity contribution in [2.24, 2.45) is 0 Å². The van der Waals surface area contributed by atoms with Crippen LogP contribution in [0.1, 0.15) is 22.8 Å². The summed E-state index contributed by atoms with van der Waals surface area (Å²) < 4.78 is 15.8. The minimum atomic E-state index is -0.393. The van der Waals surface area contributed by atoms with Gasteiger partial charge in [-0.15, -0.1) is 0 Å². The molecule has 0 unspecified atom stereocenters. The maximum absolute atomic E-state index is 11.9. The molecule has 0 aliphatic carbocycles.